The van der Waals surface area contributed by atoms with E-state index in [1.165, 1.54) is 0 Å². The lowest BCUT2D eigenvalue weighted by atomic mass is 10.0. The Bertz CT molecular complexity index is 565. The first-order chi connectivity index (χ1) is 9.11. The maximum Gasteiger partial charge on any atom is 0.273 e. The minimum Gasteiger partial charge on any atom is -0.344 e. The van der Waals surface area contributed by atoms with Gasteiger partial charge in [0.15, 0.2) is 5.69 Å². The van der Waals surface area contributed by atoms with Crippen molar-refractivity contribution in [1.82, 2.24) is 15.1 Å². The largest absolute Gasteiger partial charge is 0.344 e. The van der Waals surface area contributed by atoms with Gasteiger partial charge in [-0.1, -0.05) is 37.3 Å². The van der Waals surface area contributed by atoms with Crippen molar-refractivity contribution < 1.29 is 4.79 Å². The number of carbonyl (C=O) groups excluding carboxylic acids is 1. The van der Waals surface area contributed by atoms with E-state index >= 15 is 0 Å². The summed E-state index contributed by atoms with van der Waals surface area (Å²) < 4.78 is 2.51. The van der Waals surface area contributed by atoms with E-state index in [1.54, 1.807) is 4.68 Å². The molecule has 1 N–H and O–H groups in total. The summed E-state index contributed by atoms with van der Waals surface area (Å²) >= 11 is 2.13. The first-order valence-electron chi connectivity index (χ1n) is 6.16. The number of amides is 1. The number of rotatable bonds is 4. The standard InChI is InChI=1S/C14H16IN3O/c1-3-12(10-7-5-4-6-8-10)16-14(19)13-11(15)9-18(2)17-13/h4-9,12H,3H2,1-2H3,(H,16,19). The molecule has 100 valence electrons. The van der Waals surface area contributed by atoms with Crippen LogP contribution in [0.25, 0.3) is 0 Å². The van der Waals surface area contributed by atoms with Gasteiger partial charge in [0.2, 0.25) is 0 Å². The normalized spacial score (nSPS) is 12.2. The van der Waals surface area contributed by atoms with Crippen LogP contribution < -0.4 is 5.32 Å². The highest BCUT2D eigenvalue weighted by Gasteiger charge is 2.18. The molecule has 1 heterocycles. The fourth-order valence-electron chi connectivity index (χ4n) is 1.95. The maximum atomic E-state index is 12.2. The van der Waals surface area contributed by atoms with E-state index in [4.69, 9.17) is 0 Å². The van der Waals surface area contributed by atoms with Crippen LogP contribution in [0.15, 0.2) is 36.5 Å². The Kier molecular flexibility index (Phi) is 4.57. The first-order valence-corrected chi connectivity index (χ1v) is 7.24. The van der Waals surface area contributed by atoms with E-state index in [0.29, 0.717) is 5.69 Å². The number of halogens is 1. The molecule has 0 aliphatic rings. The summed E-state index contributed by atoms with van der Waals surface area (Å²) in [6.07, 6.45) is 2.68. The number of hydrogen-bond donors (Lipinski definition) is 1. The van der Waals surface area contributed by atoms with Crippen LogP contribution in [0.4, 0.5) is 0 Å². The predicted molar refractivity (Wildman–Crippen MR) is 82.9 cm³/mol. The average molecular weight is 369 g/mol. The van der Waals surface area contributed by atoms with Crippen molar-refractivity contribution in [2.45, 2.75) is 19.4 Å². The summed E-state index contributed by atoms with van der Waals surface area (Å²) in [4.78, 5) is 12.2. The smallest absolute Gasteiger partial charge is 0.273 e. The lowest BCUT2D eigenvalue weighted by Gasteiger charge is -2.16. The van der Waals surface area contributed by atoms with Crippen molar-refractivity contribution in [3.8, 4) is 0 Å². The van der Waals surface area contributed by atoms with Crippen LogP contribution in [0.3, 0.4) is 0 Å². The molecule has 1 atom stereocenters. The molecule has 1 amide bonds. The second-order valence-electron chi connectivity index (χ2n) is 4.34. The summed E-state index contributed by atoms with van der Waals surface area (Å²) in [7, 11) is 1.81. The van der Waals surface area contributed by atoms with Crippen LogP contribution >= 0.6 is 22.6 Å². The van der Waals surface area contributed by atoms with Crippen LogP contribution in [0.1, 0.15) is 35.4 Å². The topological polar surface area (TPSA) is 46.9 Å². The van der Waals surface area contributed by atoms with Gasteiger partial charge in [0.1, 0.15) is 0 Å². The molecule has 19 heavy (non-hydrogen) atoms. The molecule has 0 aliphatic heterocycles. The summed E-state index contributed by atoms with van der Waals surface area (Å²) in [6, 6.07) is 10.0. The molecule has 2 rings (SSSR count). The summed E-state index contributed by atoms with van der Waals surface area (Å²) in [5, 5.41) is 7.22. The van der Waals surface area contributed by atoms with E-state index in [0.717, 1.165) is 15.6 Å². The second kappa shape index (κ2) is 6.18. The van der Waals surface area contributed by atoms with Gasteiger partial charge in [0.05, 0.1) is 9.61 Å². The molecular formula is C14H16IN3O. The van der Waals surface area contributed by atoms with Gasteiger partial charge < -0.3 is 5.32 Å². The molecule has 0 saturated carbocycles. The Morgan fingerprint density at radius 1 is 1.42 bits per heavy atom. The Morgan fingerprint density at radius 2 is 2.11 bits per heavy atom. The molecule has 0 spiro atoms. The highest BCUT2D eigenvalue weighted by Crippen LogP contribution is 2.17. The first kappa shape index (κ1) is 14.0. The number of aromatic nitrogens is 2. The molecule has 0 aliphatic carbocycles. The third-order valence-corrected chi connectivity index (χ3v) is 3.70. The van der Waals surface area contributed by atoms with Gasteiger partial charge in [-0.2, -0.15) is 5.10 Å². The van der Waals surface area contributed by atoms with Crippen molar-refractivity contribution in [3.63, 3.8) is 0 Å². The van der Waals surface area contributed by atoms with Gasteiger partial charge >= 0.3 is 0 Å². The lowest BCUT2D eigenvalue weighted by molar-refractivity contribution is 0.0929. The highest BCUT2D eigenvalue weighted by molar-refractivity contribution is 14.1. The molecule has 2 aromatic rings. The monoisotopic (exact) mass is 369 g/mol. The van der Waals surface area contributed by atoms with Gasteiger partial charge in [0.25, 0.3) is 5.91 Å². The molecule has 5 heteroatoms. The van der Waals surface area contributed by atoms with Gasteiger partial charge in [-0.25, -0.2) is 0 Å². The summed E-state index contributed by atoms with van der Waals surface area (Å²) in [5.74, 6) is -0.124. The Labute approximate surface area is 126 Å². The number of nitrogens with zero attached hydrogens (tertiary/aromatic N) is 2. The third-order valence-electron chi connectivity index (χ3n) is 2.91. The summed E-state index contributed by atoms with van der Waals surface area (Å²) in [5.41, 5.74) is 1.60. The fraction of sp³-hybridized carbons (Fsp3) is 0.286. The van der Waals surface area contributed by atoms with E-state index in [9.17, 15) is 4.79 Å². The number of nitrogens with one attached hydrogen (secondary N) is 1. The van der Waals surface area contributed by atoms with E-state index in [2.05, 4.69) is 39.9 Å². The molecule has 0 radical (unpaired) electrons. The molecule has 1 aromatic heterocycles. The SMILES string of the molecule is CCC(NC(=O)c1nn(C)cc1I)c1ccccc1. The number of carbonyl (C=O) groups is 1. The predicted octanol–water partition coefficient (Wildman–Crippen LogP) is 2.91. The fourth-order valence-corrected chi connectivity index (χ4v) is 2.70. The summed E-state index contributed by atoms with van der Waals surface area (Å²) in [6.45, 7) is 2.06. The number of benzene rings is 1. The van der Waals surface area contributed by atoms with Crippen LogP contribution in [0.5, 0.6) is 0 Å². The van der Waals surface area contributed by atoms with Gasteiger partial charge in [0, 0.05) is 13.2 Å². The highest BCUT2D eigenvalue weighted by atomic mass is 127. The van der Waals surface area contributed by atoms with Gasteiger partial charge in [-0.05, 0) is 34.6 Å². The van der Waals surface area contributed by atoms with Crippen molar-refractivity contribution in [2.24, 2.45) is 7.05 Å². The molecule has 0 saturated heterocycles. The average Bonchev–Trinajstić information content (AvgIpc) is 2.76. The maximum absolute atomic E-state index is 12.2. The van der Waals surface area contributed by atoms with Crippen molar-refractivity contribution in [2.75, 3.05) is 0 Å². The molecular weight excluding hydrogens is 353 g/mol. The van der Waals surface area contributed by atoms with Gasteiger partial charge in [-0.15, -0.1) is 0 Å². The minimum atomic E-state index is -0.124. The Balaban J connectivity index is 2.15. The lowest BCUT2D eigenvalue weighted by Crippen LogP contribution is -2.29. The third kappa shape index (κ3) is 3.34. The van der Waals surface area contributed by atoms with Crippen LogP contribution in [0, 0.1) is 3.57 Å². The van der Waals surface area contributed by atoms with E-state index < -0.39 is 0 Å². The molecule has 0 fully saturated rings. The quantitative estimate of drug-likeness (QED) is 0.843. The molecule has 1 aromatic carbocycles. The number of aryl methyl sites for hydroxylation is 1. The second-order valence-corrected chi connectivity index (χ2v) is 5.51. The molecule has 4 nitrogen and oxygen atoms in total. The van der Waals surface area contributed by atoms with Crippen molar-refractivity contribution >= 4 is 28.5 Å². The van der Waals surface area contributed by atoms with Crippen molar-refractivity contribution in [3.05, 3.63) is 51.4 Å². The van der Waals surface area contributed by atoms with Crippen LogP contribution in [0.2, 0.25) is 0 Å². The van der Waals surface area contributed by atoms with E-state index in [1.807, 2.05) is 43.6 Å². The van der Waals surface area contributed by atoms with Gasteiger partial charge in [-0.3, -0.25) is 9.48 Å². The minimum absolute atomic E-state index is 0.0199. The number of hydrogen-bond acceptors (Lipinski definition) is 2. The van der Waals surface area contributed by atoms with Crippen LogP contribution in [-0.4, -0.2) is 15.7 Å². The Morgan fingerprint density at radius 3 is 2.63 bits per heavy atom. The zero-order chi connectivity index (χ0) is 13.8. The van der Waals surface area contributed by atoms with E-state index in [-0.39, 0.29) is 11.9 Å². The molecule has 1 unspecified atom stereocenters. The van der Waals surface area contributed by atoms with Crippen LogP contribution in [-0.2, 0) is 7.05 Å². The zero-order valence-electron chi connectivity index (χ0n) is 10.9. The van der Waals surface area contributed by atoms with Crippen molar-refractivity contribution in [1.29, 1.82) is 0 Å². The Hall–Kier alpha value is -1.37. The molecule has 0 bridgehead atoms. The zero-order valence-corrected chi connectivity index (χ0v) is 13.1.